The van der Waals surface area contributed by atoms with Crippen LogP contribution in [0.25, 0.3) is 0 Å². The Bertz CT molecular complexity index is 620. The van der Waals surface area contributed by atoms with Crippen LogP contribution in [0.2, 0.25) is 0 Å². The number of amides is 1. The molecule has 1 aliphatic carbocycles. The highest BCUT2D eigenvalue weighted by molar-refractivity contribution is 9.10. The molecule has 1 aliphatic heterocycles. The van der Waals surface area contributed by atoms with Gasteiger partial charge in [-0.05, 0) is 57.4 Å². The minimum absolute atomic E-state index is 0.0357. The monoisotopic (exact) mass is 398 g/mol. The van der Waals surface area contributed by atoms with Crippen LogP contribution in [0, 0.1) is 5.82 Å². The summed E-state index contributed by atoms with van der Waals surface area (Å²) in [6.45, 7) is 8.49. The summed E-state index contributed by atoms with van der Waals surface area (Å²) in [4.78, 5) is 16.5. The normalized spacial score (nSPS) is 20.3. The molecule has 24 heavy (non-hydrogen) atoms. The molecule has 3 rings (SSSR count). The number of carbonyl (C=O) groups is 1. The fourth-order valence-electron chi connectivity index (χ4n) is 3.28. The molecule has 0 radical (unpaired) electrons. The van der Waals surface area contributed by atoms with Crippen molar-refractivity contribution in [3.05, 3.63) is 34.1 Å². The summed E-state index contributed by atoms with van der Waals surface area (Å²) in [5.41, 5.74) is 0.520. The third kappa shape index (κ3) is 4.09. The van der Waals surface area contributed by atoms with Crippen molar-refractivity contribution in [1.29, 1.82) is 0 Å². The first kappa shape index (κ1) is 17.7. The molecule has 0 aromatic heterocycles. The Hall–Kier alpha value is -1.14. The zero-order valence-corrected chi connectivity index (χ0v) is 16.0. The molecule has 1 aromatic rings. The largest absolute Gasteiger partial charge is 0.444 e. The van der Waals surface area contributed by atoms with E-state index >= 15 is 0 Å². The third-order valence-corrected chi connectivity index (χ3v) is 5.03. The highest BCUT2D eigenvalue weighted by atomic mass is 79.9. The summed E-state index contributed by atoms with van der Waals surface area (Å²) >= 11 is 3.35. The molecule has 6 heteroatoms. The molecule has 2 fully saturated rings. The SMILES string of the molecule is CC(C)(C)OC(=O)N1CCN(Cc2cc(F)cc(Br)c2)C2(CC2)C1. The molecule has 0 unspecified atom stereocenters. The number of hydrogen-bond acceptors (Lipinski definition) is 3. The second-order valence-electron chi connectivity index (χ2n) is 7.83. The number of carbonyl (C=O) groups excluding carboxylic acids is 1. The van der Waals surface area contributed by atoms with Crippen LogP contribution in [-0.2, 0) is 11.3 Å². The lowest BCUT2D eigenvalue weighted by Crippen LogP contribution is -2.56. The summed E-state index contributed by atoms with van der Waals surface area (Å²) in [5.74, 6) is -0.225. The Balaban J connectivity index is 1.66. The van der Waals surface area contributed by atoms with Crippen molar-refractivity contribution >= 4 is 22.0 Å². The van der Waals surface area contributed by atoms with Crippen LogP contribution in [0.1, 0.15) is 39.2 Å². The van der Waals surface area contributed by atoms with Gasteiger partial charge in [-0.25, -0.2) is 9.18 Å². The molecule has 1 saturated carbocycles. The Morgan fingerprint density at radius 3 is 2.58 bits per heavy atom. The second-order valence-corrected chi connectivity index (χ2v) is 8.74. The summed E-state index contributed by atoms with van der Waals surface area (Å²) in [7, 11) is 0. The van der Waals surface area contributed by atoms with Crippen LogP contribution in [0.5, 0.6) is 0 Å². The van der Waals surface area contributed by atoms with Crippen LogP contribution >= 0.6 is 15.9 Å². The highest BCUT2D eigenvalue weighted by Gasteiger charge is 2.52. The quantitative estimate of drug-likeness (QED) is 0.748. The first-order valence-electron chi connectivity index (χ1n) is 8.35. The topological polar surface area (TPSA) is 32.8 Å². The number of hydrogen-bond donors (Lipinski definition) is 0. The van der Waals surface area contributed by atoms with Gasteiger partial charge in [-0.3, -0.25) is 4.90 Å². The number of benzene rings is 1. The summed E-state index contributed by atoms with van der Waals surface area (Å²) < 4.78 is 19.9. The lowest BCUT2D eigenvalue weighted by Gasteiger charge is -2.42. The Morgan fingerprint density at radius 2 is 2.00 bits per heavy atom. The fourth-order valence-corrected chi connectivity index (χ4v) is 3.80. The minimum Gasteiger partial charge on any atom is -0.444 e. The molecule has 0 N–H and O–H groups in total. The van der Waals surface area contributed by atoms with Crippen molar-refractivity contribution in [2.75, 3.05) is 19.6 Å². The zero-order chi connectivity index (χ0) is 17.5. The lowest BCUT2D eigenvalue weighted by atomic mass is 10.1. The molecule has 1 saturated heterocycles. The molecule has 1 spiro atoms. The van der Waals surface area contributed by atoms with Crippen molar-refractivity contribution in [3.63, 3.8) is 0 Å². The van der Waals surface area contributed by atoms with Gasteiger partial charge in [-0.15, -0.1) is 0 Å². The smallest absolute Gasteiger partial charge is 0.410 e. The van der Waals surface area contributed by atoms with Crippen LogP contribution in [0.3, 0.4) is 0 Å². The van der Waals surface area contributed by atoms with E-state index in [9.17, 15) is 9.18 Å². The molecule has 4 nitrogen and oxygen atoms in total. The molecule has 2 aliphatic rings. The first-order valence-corrected chi connectivity index (χ1v) is 9.14. The van der Waals surface area contributed by atoms with Crippen molar-refractivity contribution in [3.8, 4) is 0 Å². The van der Waals surface area contributed by atoms with E-state index in [0.29, 0.717) is 19.6 Å². The fraction of sp³-hybridized carbons (Fsp3) is 0.611. The van der Waals surface area contributed by atoms with E-state index in [-0.39, 0.29) is 17.4 Å². The van der Waals surface area contributed by atoms with Crippen LogP contribution < -0.4 is 0 Å². The maximum absolute atomic E-state index is 13.6. The molecule has 1 amide bonds. The van der Waals surface area contributed by atoms with E-state index in [2.05, 4.69) is 20.8 Å². The molecular weight excluding hydrogens is 375 g/mol. The van der Waals surface area contributed by atoms with Crippen molar-refractivity contribution < 1.29 is 13.9 Å². The first-order chi connectivity index (χ1) is 11.2. The number of piperazine rings is 1. The van der Waals surface area contributed by atoms with Crippen LogP contribution in [0.4, 0.5) is 9.18 Å². The van der Waals surface area contributed by atoms with E-state index in [4.69, 9.17) is 4.74 Å². The standard InChI is InChI=1S/C18H24BrFN2O2/c1-17(2,3)24-16(23)21-6-7-22(18(12-21)4-5-18)11-13-8-14(19)10-15(20)9-13/h8-10H,4-7,11-12H2,1-3H3. The van der Waals surface area contributed by atoms with Gasteiger partial charge in [-0.1, -0.05) is 15.9 Å². The van der Waals surface area contributed by atoms with E-state index in [1.165, 1.54) is 6.07 Å². The third-order valence-electron chi connectivity index (χ3n) is 4.57. The number of nitrogens with zero attached hydrogens (tertiary/aromatic N) is 2. The van der Waals surface area contributed by atoms with Gasteiger partial charge in [0.2, 0.25) is 0 Å². The maximum atomic E-state index is 13.6. The molecule has 132 valence electrons. The van der Waals surface area contributed by atoms with Gasteiger partial charge in [0.25, 0.3) is 0 Å². The van der Waals surface area contributed by atoms with E-state index in [1.807, 2.05) is 31.7 Å². The Kier molecular flexibility index (Phi) is 4.64. The molecule has 0 atom stereocenters. The molecule has 1 heterocycles. The van der Waals surface area contributed by atoms with Crippen molar-refractivity contribution in [1.82, 2.24) is 9.80 Å². The van der Waals surface area contributed by atoms with Crippen LogP contribution in [0.15, 0.2) is 22.7 Å². The van der Waals surface area contributed by atoms with Gasteiger partial charge in [-0.2, -0.15) is 0 Å². The summed E-state index contributed by atoms with van der Waals surface area (Å²) in [5, 5.41) is 0. The number of rotatable bonds is 2. The van der Waals surface area contributed by atoms with E-state index in [0.717, 1.165) is 29.4 Å². The van der Waals surface area contributed by atoms with Gasteiger partial charge in [0.1, 0.15) is 11.4 Å². The lowest BCUT2D eigenvalue weighted by molar-refractivity contribution is -0.00239. The molecule has 0 bridgehead atoms. The Labute approximate surface area is 151 Å². The van der Waals surface area contributed by atoms with E-state index in [1.54, 1.807) is 6.07 Å². The van der Waals surface area contributed by atoms with Gasteiger partial charge in [0, 0.05) is 36.2 Å². The van der Waals surface area contributed by atoms with Crippen LogP contribution in [-0.4, -0.2) is 46.7 Å². The van der Waals surface area contributed by atoms with Crippen molar-refractivity contribution in [2.24, 2.45) is 0 Å². The minimum atomic E-state index is -0.473. The average molecular weight is 399 g/mol. The van der Waals surface area contributed by atoms with Gasteiger partial charge >= 0.3 is 6.09 Å². The van der Waals surface area contributed by atoms with Gasteiger partial charge in [0.05, 0.1) is 0 Å². The van der Waals surface area contributed by atoms with Gasteiger partial charge in [0.15, 0.2) is 0 Å². The zero-order valence-electron chi connectivity index (χ0n) is 14.4. The number of halogens is 2. The van der Waals surface area contributed by atoms with Crippen molar-refractivity contribution in [2.45, 2.75) is 51.3 Å². The highest BCUT2D eigenvalue weighted by Crippen LogP contribution is 2.45. The van der Waals surface area contributed by atoms with E-state index < -0.39 is 5.60 Å². The second kappa shape index (κ2) is 6.30. The molecular formula is C18H24BrFN2O2. The average Bonchev–Trinajstić information content (AvgIpc) is 3.18. The predicted octanol–water partition coefficient (Wildman–Crippen LogP) is 4.17. The predicted molar refractivity (Wildman–Crippen MR) is 94.3 cm³/mol. The summed E-state index contributed by atoms with van der Waals surface area (Å²) in [6.07, 6.45) is 1.91. The Morgan fingerprint density at radius 1 is 1.29 bits per heavy atom. The number of ether oxygens (including phenoxy) is 1. The summed E-state index contributed by atoms with van der Waals surface area (Å²) in [6, 6.07) is 5.01. The van der Waals surface area contributed by atoms with Gasteiger partial charge < -0.3 is 9.64 Å². The molecule has 1 aromatic carbocycles. The maximum Gasteiger partial charge on any atom is 0.410 e.